The zero-order valence-corrected chi connectivity index (χ0v) is 10.9. The van der Waals surface area contributed by atoms with E-state index >= 15 is 0 Å². The third-order valence-electron chi connectivity index (χ3n) is 3.03. The first kappa shape index (κ1) is 12.4. The van der Waals surface area contributed by atoms with Crippen molar-refractivity contribution < 1.29 is 0 Å². The van der Waals surface area contributed by atoms with E-state index in [9.17, 15) is 5.26 Å². The van der Waals surface area contributed by atoms with Crippen LogP contribution < -0.4 is 0 Å². The molecule has 0 bridgehead atoms. The third-order valence-corrected chi connectivity index (χ3v) is 3.03. The molecule has 92 valence electrons. The summed E-state index contributed by atoms with van der Waals surface area (Å²) in [5.74, 6) is 0.370. The molecule has 0 fully saturated rings. The van der Waals surface area contributed by atoms with Crippen molar-refractivity contribution in [3.05, 3.63) is 53.6 Å². The van der Waals surface area contributed by atoms with E-state index in [1.165, 1.54) is 5.56 Å². The van der Waals surface area contributed by atoms with Crippen molar-refractivity contribution in [2.75, 3.05) is 0 Å². The van der Waals surface area contributed by atoms with Gasteiger partial charge in [-0.2, -0.15) is 5.26 Å². The predicted molar refractivity (Wildman–Crippen MR) is 71.2 cm³/mol. The van der Waals surface area contributed by atoms with Crippen LogP contribution in [0.2, 0.25) is 0 Å². The molecule has 1 aromatic heterocycles. The van der Waals surface area contributed by atoms with Crippen LogP contribution in [0.4, 0.5) is 0 Å². The Morgan fingerprint density at radius 1 is 1.22 bits per heavy atom. The number of hydrogen-bond acceptors (Lipinski definition) is 2. The summed E-state index contributed by atoms with van der Waals surface area (Å²) in [4.78, 5) is 7.15. The Morgan fingerprint density at radius 3 is 2.33 bits per heavy atom. The molecule has 0 saturated heterocycles. The summed E-state index contributed by atoms with van der Waals surface area (Å²) >= 11 is 0. The Labute approximate surface area is 107 Å². The molecule has 0 amide bonds. The van der Waals surface area contributed by atoms with Crippen LogP contribution in [0.3, 0.4) is 0 Å². The summed E-state index contributed by atoms with van der Waals surface area (Å²) in [6, 6.07) is 10.5. The van der Waals surface area contributed by atoms with Crippen molar-refractivity contribution >= 4 is 0 Å². The highest BCUT2D eigenvalue weighted by molar-refractivity contribution is 5.35. The third kappa shape index (κ3) is 2.43. The number of aromatic amines is 1. The van der Waals surface area contributed by atoms with Gasteiger partial charge in [-0.25, -0.2) is 4.98 Å². The van der Waals surface area contributed by atoms with Gasteiger partial charge in [-0.05, 0) is 16.5 Å². The van der Waals surface area contributed by atoms with Gasteiger partial charge in [0.15, 0.2) is 0 Å². The fourth-order valence-corrected chi connectivity index (χ4v) is 1.90. The van der Waals surface area contributed by atoms with E-state index in [1.54, 1.807) is 12.4 Å². The van der Waals surface area contributed by atoms with Crippen LogP contribution >= 0.6 is 0 Å². The van der Waals surface area contributed by atoms with Crippen LogP contribution in [0.5, 0.6) is 0 Å². The summed E-state index contributed by atoms with van der Waals surface area (Å²) in [5.41, 5.74) is 2.37. The molecule has 18 heavy (non-hydrogen) atoms. The average Bonchev–Trinajstić information content (AvgIpc) is 2.83. The SMILES string of the molecule is CC(C)(C)c1ccc(C(C#N)c2ncc[nH]2)cc1. The maximum absolute atomic E-state index is 9.27. The fraction of sp³-hybridized carbons (Fsp3) is 0.333. The molecule has 0 aliphatic rings. The highest BCUT2D eigenvalue weighted by Crippen LogP contribution is 2.26. The van der Waals surface area contributed by atoms with Crippen LogP contribution in [-0.4, -0.2) is 9.97 Å². The molecule has 1 N–H and O–H groups in total. The van der Waals surface area contributed by atoms with Crippen LogP contribution in [-0.2, 0) is 5.41 Å². The standard InChI is InChI=1S/C15H17N3/c1-15(2,3)12-6-4-11(5-7-12)13(10-16)14-17-8-9-18-14/h4-9,13H,1-3H3,(H,17,18). The first-order valence-electron chi connectivity index (χ1n) is 6.01. The second-order valence-corrected chi connectivity index (χ2v) is 5.41. The molecular weight excluding hydrogens is 222 g/mol. The van der Waals surface area contributed by atoms with Gasteiger partial charge in [0.25, 0.3) is 0 Å². The van der Waals surface area contributed by atoms with E-state index in [-0.39, 0.29) is 11.3 Å². The van der Waals surface area contributed by atoms with E-state index in [2.05, 4.69) is 48.9 Å². The lowest BCUT2D eigenvalue weighted by atomic mass is 9.85. The minimum atomic E-state index is -0.325. The zero-order valence-electron chi connectivity index (χ0n) is 10.9. The maximum Gasteiger partial charge on any atom is 0.129 e. The van der Waals surface area contributed by atoms with E-state index < -0.39 is 0 Å². The minimum Gasteiger partial charge on any atom is -0.347 e. The van der Waals surface area contributed by atoms with Crippen LogP contribution in [0.1, 0.15) is 43.6 Å². The van der Waals surface area contributed by atoms with Crippen molar-refractivity contribution in [3.63, 3.8) is 0 Å². The molecule has 0 spiro atoms. The van der Waals surface area contributed by atoms with E-state index in [0.717, 1.165) is 5.56 Å². The Morgan fingerprint density at radius 2 is 1.89 bits per heavy atom. The fourth-order valence-electron chi connectivity index (χ4n) is 1.90. The van der Waals surface area contributed by atoms with E-state index in [1.807, 2.05) is 12.1 Å². The van der Waals surface area contributed by atoms with Gasteiger partial charge in [-0.1, -0.05) is 45.0 Å². The number of imidazole rings is 1. The molecule has 2 aromatic rings. The maximum atomic E-state index is 9.27. The molecule has 2 rings (SSSR count). The Balaban J connectivity index is 2.32. The summed E-state index contributed by atoms with van der Waals surface area (Å²) in [6.45, 7) is 6.53. The number of nitrogens with zero attached hydrogens (tertiary/aromatic N) is 2. The summed E-state index contributed by atoms with van der Waals surface area (Å²) in [6.07, 6.45) is 3.41. The molecule has 1 aromatic carbocycles. The van der Waals surface area contributed by atoms with Crippen molar-refractivity contribution in [1.29, 1.82) is 5.26 Å². The van der Waals surface area contributed by atoms with E-state index in [0.29, 0.717) is 5.82 Å². The summed E-state index contributed by atoms with van der Waals surface area (Å²) in [5, 5.41) is 9.27. The Kier molecular flexibility index (Phi) is 3.20. The lowest BCUT2D eigenvalue weighted by Gasteiger charge is -2.19. The molecule has 3 heteroatoms. The first-order valence-corrected chi connectivity index (χ1v) is 6.01. The van der Waals surface area contributed by atoms with Gasteiger partial charge in [0.2, 0.25) is 0 Å². The van der Waals surface area contributed by atoms with Gasteiger partial charge in [0, 0.05) is 12.4 Å². The molecule has 3 nitrogen and oxygen atoms in total. The van der Waals surface area contributed by atoms with Crippen molar-refractivity contribution in [2.45, 2.75) is 32.1 Å². The highest BCUT2D eigenvalue weighted by atomic mass is 14.9. The number of hydrogen-bond donors (Lipinski definition) is 1. The molecule has 0 radical (unpaired) electrons. The largest absolute Gasteiger partial charge is 0.347 e. The highest BCUT2D eigenvalue weighted by Gasteiger charge is 2.18. The van der Waals surface area contributed by atoms with Gasteiger partial charge in [0.05, 0.1) is 6.07 Å². The van der Waals surface area contributed by atoms with Gasteiger partial charge in [0.1, 0.15) is 11.7 Å². The number of aromatic nitrogens is 2. The smallest absolute Gasteiger partial charge is 0.129 e. The monoisotopic (exact) mass is 239 g/mol. The van der Waals surface area contributed by atoms with Crippen molar-refractivity contribution in [3.8, 4) is 6.07 Å². The van der Waals surface area contributed by atoms with Crippen molar-refractivity contribution in [2.24, 2.45) is 0 Å². The molecule has 0 aliphatic carbocycles. The molecule has 0 saturated carbocycles. The second-order valence-electron chi connectivity index (χ2n) is 5.41. The molecular formula is C15H17N3. The number of benzene rings is 1. The van der Waals surface area contributed by atoms with Crippen LogP contribution in [0, 0.1) is 11.3 Å². The average molecular weight is 239 g/mol. The van der Waals surface area contributed by atoms with Gasteiger partial charge < -0.3 is 4.98 Å². The van der Waals surface area contributed by atoms with E-state index in [4.69, 9.17) is 0 Å². The van der Waals surface area contributed by atoms with Gasteiger partial charge in [-0.3, -0.25) is 0 Å². The lowest BCUT2D eigenvalue weighted by Crippen LogP contribution is -2.11. The number of H-pyrrole nitrogens is 1. The topological polar surface area (TPSA) is 52.5 Å². The Bertz CT molecular complexity index is 539. The number of nitrogens with one attached hydrogen (secondary N) is 1. The van der Waals surface area contributed by atoms with Crippen LogP contribution in [0.25, 0.3) is 0 Å². The Hall–Kier alpha value is -2.08. The number of rotatable bonds is 2. The number of nitriles is 1. The van der Waals surface area contributed by atoms with Gasteiger partial charge in [-0.15, -0.1) is 0 Å². The van der Waals surface area contributed by atoms with Crippen LogP contribution in [0.15, 0.2) is 36.7 Å². The normalized spacial score (nSPS) is 13.0. The summed E-state index contributed by atoms with van der Waals surface area (Å²) in [7, 11) is 0. The molecule has 1 heterocycles. The van der Waals surface area contributed by atoms with Crippen molar-refractivity contribution in [1.82, 2.24) is 9.97 Å². The quantitative estimate of drug-likeness (QED) is 0.873. The molecule has 1 atom stereocenters. The zero-order chi connectivity index (χ0) is 13.2. The second kappa shape index (κ2) is 4.66. The van der Waals surface area contributed by atoms with Gasteiger partial charge >= 0.3 is 0 Å². The minimum absolute atomic E-state index is 0.130. The molecule has 1 unspecified atom stereocenters. The lowest BCUT2D eigenvalue weighted by molar-refractivity contribution is 0.590. The molecule has 0 aliphatic heterocycles. The first-order chi connectivity index (χ1) is 8.52. The predicted octanol–water partition coefficient (Wildman–Crippen LogP) is 3.36. The summed E-state index contributed by atoms with van der Waals surface area (Å²) < 4.78 is 0.